The predicted octanol–water partition coefficient (Wildman–Crippen LogP) is 4.31. The zero-order valence-electron chi connectivity index (χ0n) is 19.8. The number of alkyl halides is 2. The number of amides is 1. The molecule has 190 valence electrons. The smallest absolute Gasteiger partial charge is 0.280 e. The van der Waals surface area contributed by atoms with Gasteiger partial charge in [-0.15, -0.1) is 0 Å². The Kier molecular flexibility index (Phi) is 6.80. The highest BCUT2D eigenvalue weighted by atomic mass is 32.2. The first-order chi connectivity index (χ1) is 17.8. The van der Waals surface area contributed by atoms with Crippen LogP contribution in [-0.2, 0) is 7.05 Å². The van der Waals surface area contributed by atoms with Crippen LogP contribution < -0.4 is 15.5 Å². The van der Waals surface area contributed by atoms with E-state index in [2.05, 4.69) is 37.8 Å². The van der Waals surface area contributed by atoms with Gasteiger partial charge < -0.3 is 4.74 Å². The average molecular weight is 527 g/mol. The van der Waals surface area contributed by atoms with Gasteiger partial charge in [0.15, 0.2) is 10.5 Å². The molecule has 1 saturated carbocycles. The lowest BCUT2D eigenvalue weighted by Gasteiger charge is -2.16. The van der Waals surface area contributed by atoms with Crippen molar-refractivity contribution in [3.05, 3.63) is 53.7 Å². The maximum Gasteiger partial charge on any atom is 0.280 e. The Morgan fingerprint density at radius 3 is 2.76 bits per heavy atom. The van der Waals surface area contributed by atoms with Gasteiger partial charge in [0.2, 0.25) is 0 Å². The van der Waals surface area contributed by atoms with E-state index in [1.807, 2.05) is 0 Å². The van der Waals surface area contributed by atoms with Crippen molar-refractivity contribution in [2.75, 3.05) is 7.11 Å². The molecule has 1 amide bonds. The molecule has 1 fully saturated rings. The van der Waals surface area contributed by atoms with Gasteiger partial charge in [0, 0.05) is 35.9 Å². The number of methoxy groups -OCH3 is 1. The van der Waals surface area contributed by atoms with Crippen molar-refractivity contribution in [1.29, 1.82) is 0 Å². The standard InChI is InChI=1S/C25H21F3N6O2S/c1-34-10-9-17(33-34)14-6-7-15(24(35)30-25-32-31-20(37-25)8-5-13-3-4-13)21(22(14)26)16-11-18(23(27)28)29-12-19(16)36-2/h6-7,9-13,20,23,31H,3-4H2,1-2H3,(H,30,32,35). The van der Waals surface area contributed by atoms with Crippen molar-refractivity contribution < 1.29 is 22.7 Å². The van der Waals surface area contributed by atoms with Gasteiger partial charge in [0.05, 0.1) is 24.6 Å². The van der Waals surface area contributed by atoms with Crippen LogP contribution in [0.3, 0.4) is 0 Å². The van der Waals surface area contributed by atoms with E-state index in [4.69, 9.17) is 4.74 Å². The molecule has 0 radical (unpaired) electrons. The number of nitrogens with one attached hydrogen (secondary N) is 2. The largest absolute Gasteiger partial charge is 0.494 e. The minimum absolute atomic E-state index is 0.0279. The van der Waals surface area contributed by atoms with Crippen LogP contribution in [0.1, 0.15) is 35.3 Å². The molecule has 37 heavy (non-hydrogen) atoms. The molecule has 2 aliphatic rings. The van der Waals surface area contributed by atoms with Gasteiger partial charge in [0.25, 0.3) is 12.3 Å². The van der Waals surface area contributed by atoms with Gasteiger partial charge in [-0.25, -0.2) is 13.2 Å². The lowest BCUT2D eigenvalue weighted by atomic mass is 9.94. The molecule has 5 rings (SSSR count). The fourth-order valence-corrected chi connectivity index (χ4v) is 4.42. The lowest BCUT2D eigenvalue weighted by Crippen LogP contribution is -2.28. The molecule has 12 heteroatoms. The number of hydrogen-bond acceptors (Lipinski definition) is 7. The second-order valence-electron chi connectivity index (χ2n) is 8.40. The van der Waals surface area contributed by atoms with E-state index in [1.165, 1.54) is 35.7 Å². The van der Waals surface area contributed by atoms with Gasteiger partial charge in [-0.2, -0.15) is 10.2 Å². The van der Waals surface area contributed by atoms with Gasteiger partial charge >= 0.3 is 0 Å². The number of aromatic nitrogens is 3. The number of nitrogens with zero attached hydrogens (tertiary/aromatic N) is 4. The molecule has 3 heterocycles. The number of carbonyl (C=O) groups excluding carboxylic acids is 1. The number of aryl methyl sites for hydroxylation is 1. The van der Waals surface area contributed by atoms with Gasteiger partial charge in [-0.1, -0.05) is 11.8 Å². The van der Waals surface area contributed by atoms with Gasteiger partial charge in [-0.3, -0.25) is 25.2 Å². The van der Waals surface area contributed by atoms with Crippen molar-refractivity contribution >= 4 is 22.8 Å². The SMILES string of the molecule is COc1cnc(C(F)F)cc1-c1c(C(=O)NC2=NNC(C#CC3CC3)S2)ccc(-c2ccn(C)n2)c1F. The van der Waals surface area contributed by atoms with Crippen LogP contribution in [0.5, 0.6) is 5.75 Å². The molecule has 1 aliphatic heterocycles. The minimum Gasteiger partial charge on any atom is -0.494 e. The topological polar surface area (TPSA) is 93.4 Å². The number of amidine groups is 1. The van der Waals surface area contributed by atoms with Crippen LogP contribution in [0.25, 0.3) is 22.4 Å². The van der Waals surface area contributed by atoms with Crippen molar-refractivity contribution in [2.45, 2.75) is 24.6 Å². The Hall–Kier alpha value is -3.98. The maximum absolute atomic E-state index is 16.1. The van der Waals surface area contributed by atoms with Crippen LogP contribution in [0.4, 0.5) is 13.2 Å². The summed E-state index contributed by atoms with van der Waals surface area (Å²) in [7, 11) is 2.99. The van der Waals surface area contributed by atoms with Gasteiger partial charge in [0.1, 0.15) is 17.3 Å². The summed E-state index contributed by atoms with van der Waals surface area (Å²) in [6.45, 7) is 0. The fourth-order valence-electron chi connectivity index (χ4n) is 3.71. The van der Waals surface area contributed by atoms with Gasteiger partial charge in [-0.05, 0) is 48.9 Å². The summed E-state index contributed by atoms with van der Waals surface area (Å²) in [5.74, 6) is 5.15. The molecule has 0 spiro atoms. The molecule has 1 unspecified atom stereocenters. The number of benzene rings is 1. The van der Waals surface area contributed by atoms with Crippen LogP contribution in [0.15, 0.2) is 41.8 Å². The first-order valence-corrected chi connectivity index (χ1v) is 12.2. The molecule has 8 nitrogen and oxygen atoms in total. The third-order valence-electron chi connectivity index (χ3n) is 5.71. The molecular weight excluding hydrogens is 505 g/mol. The highest BCUT2D eigenvalue weighted by Gasteiger charge is 2.28. The zero-order chi connectivity index (χ0) is 26.1. The molecule has 3 aromatic rings. The van der Waals surface area contributed by atoms with Crippen molar-refractivity contribution in [3.8, 4) is 40.0 Å². The summed E-state index contributed by atoms with van der Waals surface area (Å²) >= 11 is 1.22. The number of thioether (sulfide) groups is 1. The first-order valence-electron chi connectivity index (χ1n) is 11.3. The molecule has 0 bridgehead atoms. The Morgan fingerprint density at radius 1 is 1.27 bits per heavy atom. The summed E-state index contributed by atoms with van der Waals surface area (Å²) in [6, 6.07) is 5.46. The Morgan fingerprint density at radius 2 is 2.08 bits per heavy atom. The number of halogens is 3. The van der Waals surface area contributed by atoms with Crippen LogP contribution in [-0.4, -0.2) is 38.3 Å². The number of ether oxygens (including phenoxy) is 1. The van der Waals surface area contributed by atoms with Crippen molar-refractivity contribution in [2.24, 2.45) is 18.1 Å². The van der Waals surface area contributed by atoms with E-state index < -0.39 is 23.8 Å². The number of rotatable bonds is 5. The van der Waals surface area contributed by atoms with E-state index in [1.54, 1.807) is 19.3 Å². The summed E-state index contributed by atoms with van der Waals surface area (Å²) in [4.78, 5) is 17.0. The summed E-state index contributed by atoms with van der Waals surface area (Å²) in [5, 5.41) is 10.9. The number of carbonyl (C=O) groups is 1. The molecule has 1 aromatic carbocycles. The predicted molar refractivity (Wildman–Crippen MR) is 133 cm³/mol. The molecular formula is C25H21F3N6O2S. The van der Waals surface area contributed by atoms with E-state index >= 15 is 4.39 Å². The van der Waals surface area contributed by atoms with E-state index in [0.717, 1.165) is 25.1 Å². The Balaban J connectivity index is 1.54. The summed E-state index contributed by atoms with van der Waals surface area (Å²) < 4.78 is 49.9. The first kappa shape index (κ1) is 24.7. The number of hydrogen-bond donors (Lipinski definition) is 2. The quantitative estimate of drug-likeness (QED) is 0.482. The Labute approximate surface area is 214 Å². The summed E-state index contributed by atoms with van der Waals surface area (Å²) in [6.07, 6.45) is 1.98. The highest BCUT2D eigenvalue weighted by Crippen LogP contribution is 2.39. The zero-order valence-corrected chi connectivity index (χ0v) is 20.6. The second kappa shape index (κ2) is 10.2. The molecule has 1 aliphatic carbocycles. The molecule has 2 N–H and O–H groups in total. The molecule has 1 atom stereocenters. The third kappa shape index (κ3) is 5.27. The third-order valence-corrected chi connectivity index (χ3v) is 6.58. The average Bonchev–Trinajstić information content (AvgIpc) is 3.45. The number of pyridine rings is 1. The van der Waals surface area contributed by atoms with Crippen LogP contribution in [0.2, 0.25) is 0 Å². The fraction of sp³-hybridized carbons (Fsp3) is 0.280. The lowest BCUT2D eigenvalue weighted by molar-refractivity contribution is 0.0978. The maximum atomic E-state index is 16.1. The summed E-state index contributed by atoms with van der Waals surface area (Å²) in [5.41, 5.74) is 2.30. The highest BCUT2D eigenvalue weighted by molar-refractivity contribution is 8.14. The van der Waals surface area contributed by atoms with Crippen molar-refractivity contribution in [3.63, 3.8) is 0 Å². The monoisotopic (exact) mass is 526 g/mol. The molecule has 2 aromatic heterocycles. The van der Waals surface area contributed by atoms with Crippen molar-refractivity contribution in [1.82, 2.24) is 25.5 Å². The van der Waals surface area contributed by atoms with E-state index in [-0.39, 0.29) is 38.5 Å². The second-order valence-corrected chi connectivity index (χ2v) is 9.49. The normalized spacial score (nSPS) is 16.6. The van der Waals surface area contributed by atoms with Crippen LogP contribution in [0, 0.1) is 23.6 Å². The molecule has 0 saturated heterocycles. The minimum atomic E-state index is -2.91. The van der Waals surface area contributed by atoms with Crippen LogP contribution >= 0.6 is 11.8 Å². The van der Waals surface area contributed by atoms with E-state index in [0.29, 0.717) is 11.6 Å². The Bertz CT molecular complexity index is 1460. The van der Waals surface area contributed by atoms with E-state index in [9.17, 15) is 13.6 Å². The number of hydrazone groups is 1.